The van der Waals surface area contributed by atoms with Crippen LogP contribution < -0.4 is 21.0 Å². The number of nitrogens with zero attached hydrogens (tertiary/aromatic N) is 2. The van der Waals surface area contributed by atoms with Gasteiger partial charge in [0.05, 0.1) is 18.8 Å². The predicted molar refractivity (Wildman–Crippen MR) is 133 cm³/mol. The molecule has 1 saturated heterocycles. The number of alkyl halides is 1. The lowest BCUT2D eigenvalue weighted by Crippen LogP contribution is -2.42. The zero-order chi connectivity index (χ0) is 26.7. The van der Waals surface area contributed by atoms with Gasteiger partial charge in [-0.15, -0.1) is 11.6 Å². The molecule has 3 rings (SSSR count). The van der Waals surface area contributed by atoms with E-state index in [1.807, 2.05) is 0 Å². The second-order valence-electron chi connectivity index (χ2n) is 8.86. The van der Waals surface area contributed by atoms with Gasteiger partial charge in [0.1, 0.15) is 28.6 Å². The number of nitrogens with two attached hydrogens (primary N) is 1. The molecule has 12 nitrogen and oxygen atoms in total. The summed E-state index contributed by atoms with van der Waals surface area (Å²) < 4.78 is 37.2. The number of halogens is 1. The minimum absolute atomic E-state index is 0.0220. The molecule has 0 spiro atoms. The first-order valence-corrected chi connectivity index (χ1v) is 13.2. The molecule has 1 aliphatic heterocycles. The monoisotopic (exact) mass is 546 g/mol. The summed E-state index contributed by atoms with van der Waals surface area (Å²) in [7, 11) is -4.14. The standard InChI is InChI=1S/C22H32ClN4O8P/c1-13(2)33-19(29)14(3)26-36(31,35-15-8-6-5-7-9-15)32-12-16-18(28)22(4,23)20(34-16)27-11-10-17(24)25-21(27)30/h5-11,13-14,16,18-20,28-29H,12H2,1-4H3,(H,26,31)(H2,24,25,30)/t14-,16?,18-,19?,20-,22-,36?/m1/s1. The molecule has 7 atom stereocenters. The molecule has 36 heavy (non-hydrogen) atoms. The lowest BCUT2D eigenvalue weighted by Gasteiger charge is -2.28. The predicted octanol–water partition coefficient (Wildman–Crippen LogP) is 2.01. The van der Waals surface area contributed by atoms with Gasteiger partial charge in [-0.3, -0.25) is 9.09 Å². The average Bonchev–Trinajstić information content (AvgIpc) is 3.01. The second-order valence-corrected chi connectivity index (χ2v) is 11.4. The highest BCUT2D eigenvalue weighted by Gasteiger charge is 2.54. The Hall–Kier alpha value is -2.02. The van der Waals surface area contributed by atoms with Crippen LogP contribution in [0.25, 0.3) is 0 Å². The molecule has 1 aromatic carbocycles. The summed E-state index contributed by atoms with van der Waals surface area (Å²) in [6.07, 6.45) is -3.78. The van der Waals surface area contributed by atoms with Crippen molar-refractivity contribution in [3.05, 3.63) is 53.1 Å². The normalized spacial score (nSPS) is 27.5. The Balaban J connectivity index is 1.79. The van der Waals surface area contributed by atoms with Crippen molar-refractivity contribution in [1.29, 1.82) is 0 Å². The third-order valence-electron chi connectivity index (χ3n) is 5.40. The number of hydrogen-bond donors (Lipinski definition) is 4. The van der Waals surface area contributed by atoms with Gasteiger partial charge in [0.15, 0.2) is 12.5 Å². The average molecular weight is 547 g/mol. The Morgan fingerprint density at radius 2 is 1.97 bits per heavy atom. The molecular formula is C22H32ClN4O8P. The van der Waals surface area contributed by atoms with Crippen LogP contribution in [-0.2, 0) is 18.6 Å². The number of rotatable bonds is 11. The van der Waals surface area contributed by atoms with E-state index < -0.39 is 55.7 Å². The minimum Gasteiger partial charge on any atom is -0.413 e. The molecule has 0 aliphatic carbocycles. The Morgan fingerprint density at radius 1 is 1.31 bits per heavy atom. The minimum atomic E-state index is -4.14. The van der Waals surface area contributed by atoms with Crippen LogP contribution in [-0.4, -0.2) is 61.9 Å². The summed E-state index contributed by atoms with van der Waals surface area (Å²) in [5, 5.41) is 23.8. The number of nitrogens with one attached hydrogen (secondary N) is 1. The van der Waals surface area contributed by atoms with Gasteiger partial charge in [0.25, 0.3) is 0 Å². The van der Waals surface area contributed by atoms with Crippen LogP contribution in [0, 0.1) is 0 Å². The smallest absolute Gasteiger partial charge is 0.413 e. The van der Waals surface area contributed by atoms with E-state index in [0.29, 0.717) is 0 Å². The number of aliphatic hydroxyl groups is 2. The molecule has 0 radical (unpaired) electrons. The van der Waals surface area contributed by atoms with Crippen LogP contribution >= 0.6 is 19.3 Å². The third-order valence-corrected chi connectivity index (χ3v) is 7.47. The quantitative estimate of drug-likeness (QED) is 0.185. The first kappa shape index (κ1) is 28.5. The Morgan fingerprint density at radius 3 is 2.58 bits per heavy atom. The second kappa shape index (κ2) is 11.6. The molecule has 0 saturated carbocycles. The summed E-state index contributed by atoms with van der Waals surface area (Å²) >= 11 is 6.56. The summed E-state index contributed by atoms with van der Waals surface area (Å²) in [5.74, 6) is 0.265. The Kier molecular flexibility index (Phi) is 9.18. The van der Waals surface area contributed by atoms with Crippen LogP contribution in [0.1, 0.15) is 33.9 Å². The van der Waals surface area contributed by atoms with Crippen molar-refractivity contribution >= 4 is 25.2 Å². The third kappa shape index (κ3) is 6.84. The largest absolute Gasteiger partial charge is 0.459 e. The maximum atomic E-state index is 13.7. The van der Waals surface area contributed by atoms with E-state index in [-0.39, 0.29) is 17.7 Å². The lowest BCUT2D eigenvalue weighted by molar-refractivity contribution is -0.138. The number of ether oxygens (including phenoxy) is 2. The topological polar surface area (TPSA) is 167 Å². The maximum Gasteiger partial charge on any atom is 0.459 e. The number of benzene rings is 1. The molecule has 1 aromatic heterocycles. The van der Waals surface area contributed by atoms with Gasteiger partial charge in [0.2, 0.25) is 0 Å². The first-order chi connectivity index (χ1) is 16.8. The van der Waals surface area contributed by atoms with Gasteiger partial charge in [-0.05, 0) is 45.9 Å². The van der Waals surface area contributed by atoms with Crippen molar-refractivity contribution in [1.82, 2.24) is 14.6 Å². The van der Waals surface area contributed by atoms with Gasteiger partial charge in [-0.25, -0.2) is 14.4 Å². The van der Waals surface area contributed by atoms with E-state index in [2.05, 4.69) is 10.1 Å². The number of hydrogen-bond acceptors (Lipinski definition) is 10. The van der Waals surface area contributed by atoms with Crippen LogP contribution in [0.4, 0.5) is 5.82 Å². The van der Waals surface area contributed by atoms with Crippen LogP contribution in [0.2, 0.25) is 0 Å². The molecule has 0 bridgehead atoms. The highest BCUT2D eigenvalue weighted by Crippen LogP contribution is 2.48. The van der Waals surface area contributed by atoms with E-state index in [1.54, 1.807) is 51.1 Å². The zero-order valence-corrected chi connectivity index (χ0v) is 22.0. The van der Waals surface area contributed by atoms with Crippen molar-refractivity contribution in [3.8, 4) is 5.75 Å². The molecule has 5 N–H and O–H groups in total. The fourth-order valence-electron chi connectivity index (χ4n) is 3.55. The fourth-order valence-corrected chi connectivity index (χ4v) is 5.39. The van der Waals surface area contributed by atoms with Crippen molar-refractivity contribution in [3.63, 3.8) is 0 Å². The molecule has 1 aliphatic rings. The van der Waals surface area contributed by atoms with Crippen molar-refractivity contribution in [2.45, 2.75) is 69.4 Å². The molecule has 2 heterocycles. The number of anilines is 1. The molecular weight excluding hydrogens is 515 g/mol. The van der Waals surface area contributed by atoms with Crippen LogP contribution in [0.3, 0.4) is 0 Å². The lowest BCUT2D eigenvalue weighted by atomic mass is 10.0. The van der Waals surface area contributed by atoms with Gasteiger partial charge >= 0.3 is 13.4 Å². The SMILES string of the molecule is CC(C)OC(O)[C@@H](C)NP(=O)(OCC1O[C@@H](n2ccc(N)nc2=O)[C@](C)(Cl)[C@@H]1O)Oc1ccccc1. The highest BCUT2D eigenvalue weighted by atomic mass is 35.5. The molecule has 1 fully saturated rings. The molecule has 14 heteroatoms. The molecule has 0 amide bonds. The fraction of sp³-hybridized carbons (Fsp3) is 0.545. The number of aliphatic hydroxyl groups excluding tert-OH is 2. The molecule has 2 aromatic rings. The van der Waals surface area contributed by atoms with E-state index in [4.69, 9.17) is 35.9 Å². The number of para-hydroxylation sites is 1. The van der Waals surface area contributed by atoms with E-state index in [1.165, 1.54) is 19.2 Å². The van der Waals surface area contributed by atoms with Gasteiger partial charge in [-0.1, -0.05) is 18.2 Å². The molecule has 200 valence electrons. The molecule has 3 unspecified atom stereocenters. The summed E-state index contributed by atoms with van der Waals surface area (Å²) in [6.45, 7) is 6.10. The van der Waals surface area contributed by atoms with E-state index in [9.17, 15) is 19.6 Å². The maximum absolute atomic E-state index is 13.7. The van der Waals surface area contributed by atoms with Gasteiger partial charge in [0, 0.05) is 6.20 Å². The summed E-state index contributed by atoms with van der Waals surface area (Å²) in [6, 6.07) is 8.82. The Bertz CT molecular complexity index is 1120. The highest BCUT2D eigenvalue weighted by molar-refractivity contribution is 7.52. The Labute approximate surface area is 213 Å². The van der Waals surface area contributed by atoms with Gasteiger partial charge < -0.3 is 29.9 Å². The van der Waals surface area contributed by atoms with E-state index in [0.717, 1.165) is 4.57 Å². The number of aromatic nitrogens is 2. The van der Waals surface area contributed by atoms with Crippen LogP contribution in [0.15, 0.2) is 47.4 Å². The van der Waals surface area contributed by atoms with Gasteiger partial charge in [-0.2, -0.15) is 4.98 Å². The summed E-state index contributed by atoms with van der Waals surface area (Å²) in [4.78, 5) is 14.5. The van der Waals surface area contributed by atoms with E-state index >= 15 is 0 Å². The van der Waals surface area contributed by atoms with Crippen molar-refractivity contribution in [2.75, 3.05) is 12.3 Å². The summed E-state index contributed by atoms with van der Waals surface area (Å²) in [5.41, 5.74) is 4.83. The van der Waals surface area contributed by atoms with Crippen molar-refractivity contribution < 1.29 is 33.3 Å². The number of nitrogen functional groups attached to an aromatic ring is 1. The van der Waals surface area contributed by atoms with Crippen LogP contribution in [0.5, 0.6) is 5.75 Å². The first-order valence-electron chi connectivity index (χ1n) is 11.3. The zero-order valence-electron chi connectivity index (χ0n) is 20.4. The van der Waals surface area contributed by atoms with Crippen molar-refractivity contribution in [2.24, 2.45) is 0 Å².